The molecule has 0 spiro atoms. The van der Waals surface area contributed by atoms with Gasteiger partial charge in [0.1, 0.15) is 17.9 Å². The van der Waals surface area contributed by atoms with Gasteiger partial charge in [-0.1, -0.05) is 55.1 Å². The quantitative estimate of drug-likeness (QED) is 0.440. The summed E-state index contributed by atoms with van der Waals surface area (Å²) in [6, 6.07) is 10.8. The molecule has 0 bridgehead atoms. The maximum absolute atomic E-state index is 14.6. The summed E-state index contributed by atoms with van der Waals surface area (Å²) in [7, 11) is -3.94. The lowest BCUT2D eigenvalue weighted by molar-refractivity contribution is -0.127. The van der Waals surface area contributed by atoms with Crippen LogP contribution in [-0.4, -0.2) is 48.0 Å². The second kappa shape index (κ2) is 11.9. The molecule has 2 heterocycles. The monoisotopic (exact) mass is 585 g/mol. The number of sulfonamides is 1. The van der Waals surface area contributed by atoms with E-state index in [2.05, 4.69) is 15.3 Å². The molecule has 0 radical (unpaired) electrons. The molecule has 12 heteroatoms. The SMILES string of the molecule is O=C(NC1CCCCC1)[C@H](c1ccccc1Cl)N(C(=O)C1CCS(=O)(=O)N1c1ncccn1)c1cccc(F)c1. The molecule has 210 valence electrons. The highest BCUT2D eigenvalue weighted by Crippen LogP contribution is 2.36. The largest absolute Gasteiger partial charge is 0.351 e. The van der Waals surface area contributed by atoms with Crippen LogP contribution in [0, 0.1) is 5.82 Å². The number of anilines is 2. The minimum atomic E-state index is -3.94. The molecular formula is C28H29ClFN5O4S. The van der Waals surface area contributed by atoms with Crippen LogP contribution in [0.1, 0.15) is 50.1 Å². The Morgan fingerprint density at radius 3 is 2.42 bits per heavy atom. The summed E-state index contributed by atoms with van der Waals surface area (Å²) < 4.78 is 41.6. The average molecular weight is 586 g/mol. The van der Waals surface area contributed by atoms with Crippen molar-refractivity contribution in [2.24, 2.45) is 0 Å². The van der Waals surface area contributed by atoms with Crippen molar-refractivity contribution in [1.29, 1.82) is 0 Å². The van der Waals surface area contributed by atoms with Crippen molar-refractivity contribution in [2.45, 2.75) is 56.7 Å². The molecule has 1 aliphatic carbocycles. The summed E-state index contributed by atoms with van der Waals surface area (Å²) in [4.78, 5) is 37.8. The van der Waals surface area contributed by atoms with Crippen LogP contribution in [0.4, 0.5) is 16.0 Å². The minimum Gasteiger partial charge on any atom is -0.351 e. The van der Waals surface area contributed by atoms with Gasteiger partial charge in [0, 0.05) is 34.7 Å². The lowest BCUT2D eigenvalue weighted by Crippen LogP contribution is -2.53. The zero-order chi connectivity index (χ0) is 28.3. The molecule has 2 aliphatic rings. The van der Waals surface area contributed by atoms with Crippen molar-refractivity contribution >= 4 is 45.1 Å². The number of hydrogen-bond acceptors (Lipinski definition) is 6. The van der Waals surface area contributed by atoms with E-state index in [0.717, 1.165) is 47.4 Å². The van der Waals surface area contributed by atoms with Crippen LogP contribution < -0.4 is 14.5 Å². The third-order valence-electron chi connectivity index (χ3n) is 7.25. The third kappa shape index (κ3) is 5.80. The smallest absolute Gasteiger partial charge is 0.252 e. The number of nitrogens with one attached hydrogen (secondary N) is 1. The summed E-state index contributed by atoms with van der Waals surface area (Å²) in [5, 5.41) is 3.31. The molecule has 1 aromatic heterocycles. The van der Waals surface area contributed by atoms with E-state index < -0.39 is 39.7 Å². The average Bonchev–Trinajstić information content (AvgIpc) is 3.27. The summed E-state index contributed by atoms with van der Waals surface area (Å²) in [6.07, 6.45) is 7.33. The van der Waals surface area contributed by atoms with Crippen molar-refractivity contribution in [3.63, 3.8) is 0 Å². The van der Waals surface area contributed by atoms with Gasteiger partial charge in [-0.15, -0.1) is 0 Å². The highest BCUT2D eigenvalue weighted by atomic mass is 35.5. The third-order valence-corrected chi connectivity index (χ3v) is 9.36. The predicted octanol–water partition coefficient (Wildman–Crippen LogP) is 4.40. The number of nitrogens with zero attached hydrogens (tertiary/aromatic N) is 4. The van der Waals surface area contributed by atoms with Gasteiger partial charge in [0.25, 0.3) is 5.91 Å². The van der Waals surface area contributed by atoms with Crippen LogP contribution in [0.25, 0.3) is 0 Å². The van der Waals surface area contributed by atoms with Crippen LogP contribution in [0.15, 0.2) is 67.0 Å². The number of carbonyl (C=O) groups is 2. The van der Waals surface area contributed by atoms with Crippen molar-refractivity contribution in [3.05, 3.63) is 83.4 Å². The fourth-order valence-corrected chi connectivity index (χ4v) is 7.26. The van der Waals surface area contributed by atoms with E-state index in [4.69, 9.17) is 11.6 Å². The number of amides is 2. The number of rotatable bonds is 7. The topological polar surface area (TPSA) is 113 Å². The molecule has 1 aliphatic heterocycles. The molecule has 2 atom stereocenters. The highest BCUT2D eigenvalue weighted by Gasteiger charge is 2.47. The van der Waals surface area contributed by atoms with E-state index in [1.165, 1.54) is 36.7 Å². The first kappa shape index (κ1) is 28.0. The zero-order valence-corrected chi connectivity index (χ0v) is 23.2. The summed E-state index contributed by atoms with van der Waals surface area (Å²) in [5.41, 5.74) is 0.422. The molecule has 9 nitrogen and oxygen atoms in total. The zero-order valence-electron chi connectivity index (χ0n) is 21.6. The molecule has 3 aromatic rings. The van der Waals surface area contributed by atoms with Gasteiger partial charge in [-0.05, 0) is 49.6 Å². The lowest BCUT2D eigenvalue weighted by atomic mass is 9.94. The Bertz CT molecular complexity index is 1490. The predicted molar refractivity (Wildman–Crippen MR) is 150 cm³/mol. The van der Waals surface area contributed by atoms with E-state index in [0.29, 0.717) is 5.56 Å². The number of hydrogen-bond donors (Lipinski definition) is 1. The van der Waals surface area contributed by atoms with E-state index in [1.807, 2.05) is 0 Å². The maximum atomic E-state index is 14.6. The van der Waals surface area contributed by atoms with Gasteiger partial charge >= 0.3 is 0 Å². The fraction of sp³-hybridized carbons (Fsp3) is 0.357. The first-order chi connectivity index (χ1) is 19.3. The standard InChI is InChI=1S/C28H29ClFN5O4S/c29-23-13-5-4-12-22(23)25(26(36)33-20-9-2-1-3-10-20)34(21-11-6-8-19(30)18-21)27(37)24-14-17-40(38,39)35(24)28-31-15-7-16-32-28/h4-8,11-13,15-16,18,20,24-25H,1-3,9-10,14,17H2,(H,33,36)/t24?,25-/m0/s1. The van der Waals surface area contributed by atoms with Gasteiger partial charge in [0.05, 0.1) is 5.75 Å². The Hall–Kier alpha value is -3.57. The van der Waals surface area contributed by atoms with Gasteiger partial charge in [-0.2, -0.15) is 0 Å². The Morgan fingerprint density at radius 2 is 1.73 bits per heavy atom. The van der Waals surface area contributed by atoms with Gasteiger partial charge in [-0.25, -0.2) is 27.1 Å². The second-order valence-corrected chi connectivity index (χ2v) is 12.3. The summed E-state index contributed by atoms with van der Waals surface area (Å²) >= 11 is 6.58. The van der Waals surface area contributed by atoms with E-state index in [-0.39, 0.29) is 34.9 Å². The number of carbonyl (C=O) groups excluding carboxylic acids is 2. The molecule has 1 unspecified atom stereocenters. The molecule has 1 saturated heterocycles. The van der Waals surface area contributed by atoms with Crippen LogP contribution >= 0.6 is 11.6 Å². The van der Waals surface area contributed by atoms with Gasteiger partial charge in [0.2, 0.25) is 21.9 Å². The molecule has 40 heavy (non-hydrogen) atoms. The van der Waals surface area contributed by atoms with Crippen LogP contribution in [0.3, 0.4) is 0 Å². The van der Waals surface area contributed by atoms with Crippen molar-refractivity contribution in [3.8, 4) is 0 Å². The molecule has 1 saturated carbocycles. The number of benzene rings is 2. The van der Waals surface area contributed by atoms with Gasteiger partial charge in [0.15, 0.2) is 0 Å². The molecule has 2 fully saturated rings. The van der Waals surface area contributed by atoms with Crippen molar-refractivity contribution < 1.29 is 22.4 Å². The van der Waals surface area contributed by atoms with Crippen LogP contribution in [0.2, 0.25) is 5.02 Å². The highest BCUT2D eigenvalue weighted by molar-refractivity contribution is 7.93. The van der Waals surface area contributed by atoms with Crippen LogP contribution in [0.5, 0.6) is 0 Å². The first-order valence-electron chi connectivity index (χ1n) is 13.2. The fourth-order valence-electron chi connectivity index (χ4n) is 5.37. The Labute approximate surface area is 237 Å². The minimum absolute atomic E-state index is 0.0648. The van der Waals surface area contributed by atoms with E-state index >= 15 is 0 Å². The maximum Gasteiger partial charge on any atom is 0.252 e. The number of halogens is 2. The van der Waals surface area contributed by atoms with Gasteiger partial charge < -0.3 is 5.32 Å². The number of aromatic nitrogens is 2. The van der Waals surface area contributed by atoms with Crippen molar-refractivity contribution in [2.75, 3.05) is 15.0 Å². The van der Waals surface area contributed by atoms with E-state index in [1.54, 1.807) is 24.3 Å². The van der Waals surface area contributed by atoms with E-state index in [9.17, 15) is 22.4 Å². The van der Waals surface area contributed by atoms with Crippen LogP contribution in [-0.2, 0) is 19.6 Å². The molecule has 1 N–H and O–H groups in total. The Kier molecular flexibility index (Phi) is 8.32. The lowest BCUT2D eigenvalue weighted by Gasteiger charge is -2.36. The van der Waals surface area contributed by atoms with Gasteiger partial charge in [-0.3, -0.25) is 14.5 Å². The first-order valence-corrected chi connectivity index (χ1v) is 15.2. The molecule has 2 aromatic carbocycles. The Balaban J connectivity index is 1.63. The normalized spacial score (nSPS) is 19.6. The molecule has 5 rings (SSSR count). The molecular weight excluding hydrogens is 557 g/mol. The summed E-state index contributed by atoms with van der Waals surface area (Å²) in [6.45, 7) is 0. The Morgan fingerprint density at radius 1 is 1.00 bits per heavy atom. The molecule has 2 amide bonds. The second-order valence-electron chi connectivity index (χ2n) is 9.92. The summed E-state index contributed by atoms with van der Waals surface area (Å²) in [5.74, 6) is -2.30. The van der Waals surface area contributed by atoms with Crippen molar-refractivity contribution in [1.82, 2.24) is 15.3 Å².